The number of fused-ring (bicyclic) bond motifs is 1. The average molecular weight is 197 g/mol. The number of nitrogens with one attached hydrogen (secondary N) is 1. The topological polar surface area (TPSA) is 29.9 Å². The minimum absolute atomic E-state index is 0.978. The Morgan fingerprint density at radius 2 is 1.93 bits per heavy atom. The molecule has 1 aromatic rings. The van der Waals surface area contributed by atoms with Gasteiger partial charge in [0.2, 0.25) is 0 Å². The quantitative estimate of drug-likeness (QED) is 0.692. The maximum absolute atomic E-state index is 4.23. The maximum atomic E-state index is 4.23. The van der Waals surface area contributed by atoms with Crippen LogP contribution >= 0.6 is 0 Å². The molecule has 0 bridgehead atoms. The normalized spacial score (nSPS) is 12.9. The van der Waals surface area contributed by atoms with Crippen LogP contribution in [0.4, 0.5) is 0 Å². The molecule has 1 aliphatic rings. The zero-order chi connectivity index (χ0) is 11.0. The van der Waals surface area contributed by atoms with Crippen molar-refractivity contribution in [1.82, 2.24) is 15.1 Å². The largest absolute Gasteiger partial charge is 0.309 e. The van der Waals surface area contributed by atoms with E-state index < -0.39 is 0 Å². The van der Waals surface area contributed by atoms with Gasteiger partial charge in [0.05, 0.1) is 18.4 Å². The van der Waals surface area contributed by atoms with E-state index in [0.717, 1.165) is 19.6 Å². The molecule has 0 radical (unpaired) electrons. The van der Waals surface area contributed by atoms with Crippen LogP contribution in [0, 0.1) is 6.92 Å². The summed E-state index contributed by atoms with van der Waals surface area (Å²) in [6.45, 7) is 13.1. The van der Waals surface area contributed by atoms with Gasteiger partial charge in [0.1, 0.15) is 0 Å². The van der Waals surface area contributed by atoms with Crippen LogP contribution in [0.25, 0.3) is 0 Å². The van der Waals surface area contributed by atoms with Gasteiger partial charge in [-0.2, -0.15) is 5.10 Å². The summed E-state index contributed by atoms with van der Waals surface area (Å²) in [6.07, 6.45) is 1.93. The Balaban J connectivity index is 0.000000379. The van der Waals surface area contributed by atoms with Crippen LogP contribution < -0.4 is 5.32 Å². The molecule has 0 amide bonds. The van der Waals surface area contributed by atoms with E-state index in [-0.39, 0.29) is 0 Å². The summed E-state index contributed by atoms with van der Waals surface area (Å²) in [4.78, 5) is 0. The lowest BCUT2D eigenvalue weighted by molar-refractivity contribution is 0.474. The van der Waals surface area contributed by atoms with Gasteiger partial charge in [-0.3, -0.25) is 4.68 Å². The van der Waals surface area contributed by atoms with Crippen molar-refractivity contribution in [1.29, 1.82) is 0 Å². The summed E-state index contributed by atoms with van der Waals surface area (Å²) in [5, 5.41) is 7.54. The molecule has 0 spiro atoms. The second kappa shape index (κ2) is 7.56. The highest BCUT2D eigenvalue weighted by Gasteiger charge is 2.09. The third kappa shape index (κ3) is 3.14. The second-order valence-electron chi connectivity index (χ2n) is 2.67. The van der Waals surface area contributed by atoms with Crippen molar-refractivity contribution in [2.45, 2.75) is 47.7 Å². The Morgan fingerprint density at radius 3 is 2.50 bits per heavy atom. The van der Waals surface area contributed by atoms with Crippen LogP contribution in [0.3, 0.4) is 0 Å². The lowest BCUT2D eigenvalue weighted by atomic mass is 10.2. The van der Waals surface area contributed by atoms with Crippen LogP contribution in [0.5, 0.6) is 0 Å². The van der Waals surface area contributed by atoms with Gasteiger partial charge in [0.25, 0.3) is 0 Å². The summed E-state index contributed by atoms with van der Waals surface area (Å²) >= 11 is 0. The van der Waals surface area contributed by atoms with E-state index in [1.807, 2.05) is 33.9 Å². The molecular weight excluding hydrogens is 174 g/mol. The Morgan fingerprint density at radius 1 is 1.29 bits per heavy atom. The van der Waals surface area contributed by atoms with Gasteiger partial charge >= 0.3 is 0 Å². The fraction of sp³-hybridized carbons (Fsp3) is 0.727. The van der Waals surface area contributed by atoms with Crippen LogP contribution in [0.1, 0.15) is 39.0 Å². The van der Waals surface area contributed by atoms with Crippen molar-refractivity contribution in [2.24, 2.45) is 0 Å². The third-order valence-corrected chi connectivity index (χ3v) is 1.95. The van der Waals surface area contributed by atoms with Gasteiger partial charge in [0.15, 0.2) is 0 Å². The molecule has 14 heavy (non-hydrogen) atoms. The highest BCUT2D eigenvalue weighted by Crippen LogP contribution is 2.08. The molecule has 2 heterocycles. The van der Waals surface area contributed by atoms with Crippen molar-refractivity contribution < 1.29 is 0 Å². The van der Waals surface area contributed by atoms with E-state index in [1.165, 1.54) is 11.3 Å². The first-order chi connectivity index (χ1) is 6.88. The fourth-order valence-corrected chi connectivity index (χ4v) is 1.32. The summed E-state index contributed by atoms with van der Waals surface area (Å²) in [7, 11) is 0. The van der Waals surface area contributed by atoms with Gasteiger partial charge in [-0.25, -0.2) is 0 Å². The smallest absolute Gasteiger partial charge is 0.0551 e. The van der Waals surface area contributed by atoms with E-state index in [4.69, 9.17) is 0 Å². The second-order valence-corrected chi connectivity index (χ2v) is 2.67. The molecule has 0 unspecified atom stereocenters. The van der Waals surface area contributed by atoms with E-state index in [1.54, 1.807) is 0 Å². The summed E-state index contributed by atoms with van der Waals surface area (Å²) in [5.41, 5.74) is 2.64. The molecule has 3 heteroatoms. The van der Waals surface area contributed by atoms with E-state index in [0.29, 0.717) is 0 Å². The molecule has 0 fully saturated rings. The standard InChI is InChI=1S/C7H11N3.2C2H6/c1-6-4-9-10-3-2-8-5-7(6)10;2*1-2/h4,8H,2-3,5H2,1H3;2*1-2H3. The Kier molecular flexibility index (Phi) is 7.11. The third-order valence-electron chi connectivity index (χ3n) is 1.95. The molecular formula is C11H23N3. The van der Waals surface area contributed by atoms with E-state index in [2.05, 4.69) is 22.0 Å². The molecule has 1 aliphatic heterocycles. The minimum atomic E-state index is 0.978. The highest BCUT2D eigenvalue weighted by molar-refractivity contribution is 5.16. The first-order valence-electron chi connectivity index (χ1n) is 5.60. The maximum Gasteiger partial charge on any atom is 0.0551 e. The Hall–Kier alpha value is -0.830. The first kappa shape index (κ1) is 13.2. The minimum Gasteiger partial charge on any atom is -0.309 e. The number of aromatic nitrogens is 2. The molecule has 0 aromatic carbocycles. The molecule has 0 atom stereocenters. The molecule has 1 N–H and O–H groups in total. The predicted octanol–water partition coefficient (Wildman–Crippen LogP) is 2.35. The number of hydrogen-bond acceptors (Lipinski definition) is 2. The van der Waals surface area contributed by atoms with Crippen molar-refractivity contribution in [3.8, 4) is 0 Å². The summed E-state index contributed by atoms with van der Waals surface area (Å²) in [5.74, 6) is 0. The zero-order valence-electron chi connectivity index (χ0n) is 10.1. The molecule has 2 rings (SSSR count). The van der Waals surface area contributed by atoms with Crippen LogP contribution in [-0.4, -0.2) is 16.3 Å². The van der Waals surface area contributed by atoms with Crippen LogP contribution in [0.15, 0.2) is 6.20 Å². The molecule has 0 aliphatic carbocycles. The molecule has 3 nitrogen and oxygen atoms in total. The average Bonchev–Trinajstić information content (AvgIpc) is 2.67. The van der Waals surface area contributed by atoms with Crippen molar-refractivity contribution in [3.05, 3.63) is 17.5 Å². The summed E-state index contributed by atoms with van der Waals surface area (Å²) in [6, 6.07) is 0. The van der Waals surface area contributed by atoms with Crippen LogP contribution in [0.2, 0.25) is 0 Å². The van der Waals surface area contributed by atoms with Gasteiger partial charge < -0.3 is 5.32 Å². The summed E-state index contributed by atoms with van der Waals surface area (Å²) < 4.78 is 2.08. The number of aryl methyl sites for hydroxylation is 1. The SMILES string of the molecule is CC.CC.Cc1cnn2c1CNCC2. The van der Waals surface area contributed by atoms with E-state index in [9.17, 15) is 0 Å². The molecule has 82 valence electrons. The van der Waals surface area contributed by atoms with Crippen LogP contribution in [-0.2, 0) is 13.1 Å². The zero-order valence-corrected chi connectivity index (χ0v) is 10.1. The monoisotopic (exact) mass is 197 g/mol. The van der Waals surface area contributed by atoms with Gasteiger partial charge in [0, 0.05) is 13.1 Å². The van der Waals surface area contributed by atoms with Crippen molar-refractivity contribution >= 4 is 0 Å². The molecule has 0 saturated heterocycles. The highest BCUT2D eigenvalue weighted by atomic mass is 15.3. The van der Waals surface area contributed by atoms with E-state index >= 15 is 0 Å². The number of nitrogens with zero attached hydrogens (tertiary/aromatic N) is 2. The lowest BCUT2D eigenvalue weighted by Crippen LogP contribution is -2.28. The van der Waals surface area contributed by atoms with Gasteiger partial charge in [-0.05, 0) is 12.5 Å². The van der Waals surface area contributed by atoms with Gasteiger partial charge in [-0.1, -0.05) is 27.7 Å². The Bertz CT molecular complexity index is 241. The first-order valence-corrected chi connectivity index (χ1v) is 5.60. The predicted molar refractivity (Wildman–Crippen MR) is 61.4 cm³/mol. The van der Waals surface area contributed by atoms with Gasteiger partial charge in [-0.15, -0.1) is 0 Å². The molecule has 0 saturated carbocycles. The Labute approximate surface area is 87.5 Å². The molecule has 1 aromatic heterocycles. The fourth-order valence-electron chi connectivity index (χ4n) is 1.32. The number of hydrogen-bond donors (Lipinski definition) is 1. The van der Waals surface area contributed by atoms with Crippen molar-refractivity contribution in [2.75, 3.05) is 6.54 Å². The lowest BCUT2D eigenvalue weighted by Gasteiger charge is -2.14. The number of rotatable bonds is 0. The van der Waals surface area contributed by atoms with Crippen molar-refractivity contribution in [3.63, 3.8) is 0 Å².